The Balaban J connectivity index is 1.68. The van der Waals surface area contributed by atoms with E-state index < -0.39 is 17.4 Å². The third kappa shape index (κ3) is 7.17. The summed E-state index contributed by atoms with van der Waals surface area (Å²) in [7, 11) is 0. The number of aliphatic carboxylic acids is 2. The van der Waals surface area contributed by atoms with Crippen LogP contribution in [0, 0.1) is 17.8 Å². The summed E-state index contributed by atoms with van der Waals surface area (Å²) < 4.78 is 0. The van der Waals surface area contributed by atoms with E-state index in [1.165, 1.54) is 16.7 Å². The van der Waals surface area contributed by atoms with Crippen molar-refractivity contribution in [3.05, 3.63) is 34.9 Å². The normalized spacial score (nSPS) is 15.3. The number of carboxylic acid groups (broad SMARTS) is 2. The van der Waals surface area contributed by atoms with Gasteiger partial charge in [0.15, 0.2) is 0 Å². The van der Waals surface area contributed by atoms with Crippen molar-refractivity contribution in [2.75, 3.05) is 0 Å². The molecule has 0 bridgehead atoms. The maximum atomic E-state index is 11.2. The predicted molar refractivity (Wildman–Crippen MR) is 116 cm³/mol. The Bertz CT molecular complexity index is 701. The van der Waals surface area contributed by atoms with Crippen LogP contribution in [0.1, 0.15) is 94.7 Å². The van der Waals surface area contributed by atoms with Gasteiger partial charge in [0.1, 0.15) is 0 Å². The SMILES string of the molecule is Cc1ccc(CCCCCC(C)(C)C(=O)O)cc1CCCCCC1(C(=O)O)CC1. The Morgan fingerprint density at radius 1 is 0.966 bits per heavy atom. The largest absolute Gasteiger partial charge is 0.481 e. The molecule has 0 aliphatic heterocycles. The number of hydrogen-bond acceptors (Lipinski definition) is 2. The molecule has 1 aromatic carbocycles. The van der Waals surface area contributed by atoms with Crippen molar-refractivity contribution in [3.63, 3.8) is 0 Å². The summed E-state index contributed by atoms with van der Waals surface area (Å²) in [5, 5.41) is 18.4. The molecule has 1 aromatic rings. The van der Waals surface area contributed by atoms with E-state index in [1.807, 2.05) is 0 Å². The number of rotatable bonds is 14. The molecular weight excluding hydrogens is 364 g/mol. The summed E-state index contributed by atoms with van der Waals surface area (Å²) in [5.74, 6) is -1.32. The number of unbranched alkanes of at least 4 members (excludes halogenated alkanes) is 4. The van der Waals surface area contributed by atoms with Crippen LogP contribution in [-0.2, 0) is 22.4 Å². The molecule has 0 unspecified atom stereocenters. The zero-order valence-corrected chi connectivity index (χ0v) is 18.4. The molecule has 0 heterocycles. The summed E-state index contributed by atoms with van der Waals surface area (Å²) in [6, 6.07) is 6.75. The lowest BCUT2D eigenvalue weighted by Crippen LogP contribution is -2.23. The highest BCUT2D eigenvalue weighted by atomic mass is 16.4. The van der Waals surface area contributed by atoms with E-state index in [0.29, 0.717) is 0 Å². The average molecular weight is 403 g/mol. The maximum Gasteiger partial charge on any atom is 0.309 e. The van der Waals surface area contributed by atoms with Crippen LogP contribution >= 0.6 is 0 Å². The summed E-state index contributed by atoms with van der Waals surface area (Å²) in [6.07, 6.45) is 11.7. The van der Waals surface area contributed by atoms with Crippen LogP contribution in [0.5, 0.6) is 0 Å². The van der Waals surface area contributed by atoms with Gasteiger partial charge in [0, 0.05) is 0 Å². The monoisotopic (exact) mass is 402 g/mol. The Hall–Kier alpha value is -1.84. The third-order valence-corrected chi connectivity index (χ3v) is 6.67. The number of carbonyl (C=O) groups is 2. The Morgan fingerprint density at radius 2 is 1.62 bits per heavy atom. The molecule has 1 fully saturated rings. The van der Waals surface area contributed by atoms with E-state index in [2.05, 4.69) is 25.1 Å². The first kappa shape index (κ1) is 23.4. The molecule has 0 aromatic heterocycles. The Morgan fingerprint density at radius 3 is 2.24 bits per heavy atom. The second kappa shape index (κ2) is 10.3. The fourth-order valence-corrected chi connectivity index (χ4v) is 4.01. The molecule has 1 aliphatic carbocycles. The molecule has 29 heavy (non-hydrogen) atoms. The first-order valence-electron chi connectivity index (χ1n) is 11.2. The van der Waals surface area contributed by atoms with Gasteiger partial charge in [-0.15, -0.1) is 0 Å². The zero-order valence-electron chi connectivity index (χ0n) is 18.4. The molecule has 162 valence electrons. The van der Waals surface area contributed by atoms with Gasteiger partial charge in [0.2, 0.25) is 0 Å². The molecule has 1 aliphatic rings. The number of carboxylic acids is 2. The van der Waals surface area contributed by atoms with Gasteiger partial charge >= 0.3 is 11.9 Å². The van der Waals surface area contributed by atoms with Gasteiger partial charge in [0.05, 0.1) is 10.8 Å². The highest BCUT2D eigenvalue weighted by molar-refractivity contribution is 5.77. The van der Waals surface area contributed by atoms with Gasteiger partial charge in [-0.1, -0.05) is 43.9 Å². The minimum Gasteiger partial charge on any atom is -0.481 e. The topological polar surface area (TPSA) is 74.6 Å². The summed E-state index contributed by atoms with van der Waals surface area (Å²) >= 11 is 0. The van der Waals surface area contributed by atoms with Gasteiger partial charge in [0.25, 0.3) is 0 Å². The molecule has 0 spiro atoms. The van der Waals surface area contributed by atoms with Crippen LogP contribution in [0.15, 0.2) is 18.2 Å². The predicted octanol–water partition coefficient (Wildman–Crippen LogP) is 6.18. The minimum absolute atomic E-state index is 0.379. The van der Waals surface area contributed by atoms with E-state index in [1.54, 1.807) is 13.8 Å². The van der Waals surface area contributed by atoms with Gasteiger partial charge in [-0.05, 0) is 88.8 Å². The van der Waals surface area contributed by atoms with Gasteiger partial charge in [-0.2, -0.15) is 0 Å². The van der Waals surface area contributed by atoms with Crippen molar-refractivity contribution in [2.45, 2.75) is 97.8 Å². The van der Waals surface area contributed by atoms with Crippen molar-refractivity contribution < 1.29 is 19.8 Å². The molecule has 0 radical (unpaired) electrons. The molecule has 0 saturated heterocycles. The minimum atomic E-state index is -0.712. The van der Waals surface area contributed by atoms with Crippen LogP contribution in [0.2, 0.25) is 0 Å². The summed E-state index contributed by atoms with van der Waals surface area (Å²) in [5.41, 5.74) is 3.11. The van der Waals surface area contributed by atoms with Gasteiger partial charge in [-0.25, -0.2) is 0 Å². The number of aryl methyl sites for hydroxylation is 3. The van der Waals surface area contributed by atoms with Gasteiger partial charge < -0.3 is 10.2 Å². The number of hydrogen-bond donors (Lipinski definition) is 2. The van der Waals surface area contributed by atoms with E-state index >= 15 is 0 Å². The third-order valence-electron chi connectivity index (χ3n) is 6.67. The van der Waals surface area contributed by atoms with Crippen LogP contribution in [-0.4, -0.2) is 22.2 Å². The average Bonchev–Trinajstić information content (AvgIpc) is 3.44. The molecule has 4 heteroatoms. The lowest BCUT2D eigenvalue weighted by Gasteiger charge is -2.18. The molecule has 0 amide bonds. The van der Waals surface area contributed by atoms with Crippen LogP contribution in [0.3, 0.4) is 0 Å². The zero-order chi connectivity index (χ0) is 21.5. The van der Waals surface area contributed by atoms with E-state index in [9.17, 15) is 19.8 Å². The number of benzene rings is 1. The fourth-order valence-electron chi connectivity index (χ4n) is 4.01. The van der Waals surface area contributed by atoms with E-state index in [4.69, 9.17) is 0 Å². The maximum absolute atomic E-state index is 11.2. The summed E-state index contributed by atoms with van der Waals surface area (Å²) in [6.45, 7) is 5.76. The molecule has 1 saturated carbocycles. The summed E-state index contributed by atoms with van der Waals surface area (Å²) in [4.78, 5) is 22.4. The van der Waals surface area contributed by atoms with Crippen LogP contribution in [0.4, 0.5) is 0 Å². The lowest BCUT2D eigenvalue weighted by atomic mass is 9.87. The van der Waals surface area contributed by atoms with Crippen LogP contribution < -0.4 is 0 Å². The molecular formula is C25H38O4. The second-order valence-electron chi connectivity index (χ2n) is 9.66. The Labute approximate surface area is 175 Å². The van der Waals surface area contributed by atoms with Crippen molar-refractivity contribution in [1.82, 2.24) is 0 Å². The Kier molecular flexibility index (Phi) is 8.30. The fraction of sp³-hybridized carbons (Fsp3) is 0.680. The first-order chi connectivity index (χ1) is 13.7. The molecule has 4 nitrogen and oxygen atoms in total. The molecule has 0 atom stereocenters. The standard InChI is InChI=1S/C25H38O4/c1-19-12-13-20(10-6-4-8-14-24(2,3)22(26)27)18-21(19)11-7-5-9-15-25(16-17-25)23(28)29/h12-13,18H,4-11,14-17H2,1-3H3,(H,26,27)(H,28,29). The second-order valence-corrected chi connectivity index (χ2v) is 9.66. The van der Waals surface area contributed by atoms with Crippen molar-refractivity contribution in [2.24, 2.45) is 10.8 Å². The molecule has 2 rings (SSSR count). The van der Waals surface area contributed by atoms with Crippen LogP contribution in [0.25, 0.3) is 0 Å². The first-order valence-corrected chi connectivity index (χ1v) is 11.2. The highest BCUT2D eigenvalue weighted by Crippen LogP contribution is 2.50. The van der Waals surface area contributed by atoms with Crippen molar-refractivity contribution >= 4 is 11.9 Å². The van der Waals surface area contributed by atoms with Crippen molar-refractivity contribution in [3.8, 4) is 0 Å². The van der Waals surface area contributed by atoms with E-state index in [0.717, 1.165) is 77.0 Å². The molecule has 2 N–H and O–H groups in total. The van der Waals surface area contributed by atoms with Crippen molar-refractivity contribution in [1.29, 1.82) is 0 Å². The smallest absolute Gasteiger partial charge is 0.309 e. The highest BCUT2D eigenvalue weighted by Gasteiger charge is 2.49. The quantitative estimate of drug-likeness (QED) is 0.365. The van der Waals surface area contributed by atoms with Gasteiger partial charge in [-0.3, -0.25) is 9.59 Å². The lowest BCUT2D eigenvalue weighted by molar-refractivity contribution is -0.147. The van der Waals surface area contributed by atoms with E-state index in [-0.39, 0.29) is 5.41 Å².